The van der Waals surface area contributed by atoms with Gasteiger partial charge in [-0.3, -0.25) is 19.2 Å². The predicted molar refractivity (Wildman–Crippen MR) is 73.0 cm³/mol. The van der Waals surface area contributed by atoms with E-state index in [1.807, 2.05) is 0 Å². The molecule has 118 valence electrons. The number of rotatable bonds is 8. The van der Waals surface area contributed by atoms with E-state index < -0.39 is 17.9 Å². The molecular formula is C13H21N3O5. The summed E-state index contributed by atoms with van der Waals surface area (Å²) in [5.74, 6) is -2.15. The van der Waals surface area contributed by atoms with E-state index >= 15 is 0 Å². The van der Waals surface area contributed by atoms with Crippen molar-refractivity contribution in [3.63, 3.8) is 0 Å². The van der Waals surface area contributed by atoms with Gasteiger partial charge in [-0.2, -0.15) is 0 Å². The molecule has 1 aliphatic rings. The van der Waals surface area contributed by atoms with Gasteiger partial charge in [0, 0.05) is 31.8 Å². The van der Waals surface area contributed by atoms with Crippen molar-refractivity contribution in [2.75, 3.05) is 13.1 Å². The van der Waals surface area contributed by atoms with Crippen molar-refractivity contribution >= 4 is 23.7 Å². The van der Waals surface area contributed by atoms with Crippen molar-refractivity contribution in [2.24, 2.45) is 11.7 Å². The number of amides is 3. The second-order valence-electron chi connectivity index (χ2n) is 5.14. The highest BCUT2D eigenvalue weighted by Crippen LogP contribution is 2.21. The van der Waals surface area contributed by atoms with Gasteiger partial charge in [0.05, 0.1) is 6.42 Å². The summed E-state index contributed by atoms with van der Waals surface area (Å²) in [6.07, 6.45) is 0.404. The zero-order valence-electron chi connectivity index (χ0n) is 12.0. The van der Waals surface area contributed by atoms with Gasteiger partial charge < -0.3 is 21.1 Å². The summed E-state index contributed by atoms with van der Waals surface area (Å²) >= 11 is 0. The Labute approximate surface area is 122 Å². The molecule has 3 amide bonds. The molecule has 0 bridgehead atoms. The van der Waals surface area contributed by atoms with Crippen LogP contribution in [0.3, 0.4) is 0 Å². The Morgan fingerprint density at radius 2 is 2.10 bits per heavy atom. The highest BCUT2D eigenvalue weighted by Gasteiger charge is 2.35. The Morgan fingerprint density at radius 1 is 1.43 bits per heavy atom. The van der Waals surface area contributed by atoms with Crippen LogP contribution in [0.25, 0.3) is 0 Å². The number of nitrogens with zero attached hydrogens (tertiary/aromatic N) is 1. The minimum atomic E-state index is -1.03. The molecule has 0 aromatic heterocycles. The number of primary amides is 1. The smallest absolute Gasteiger partial charge is 0.303 e. The molecule has 1 unspecified atom stereocenters. The van der Waals surface area contributed by atoms with Crippen molar-refractivity contribution in [1.29, 1.82) is 0 Å². The van der Waals surface area contributed by atoms with Crippen LogP contribution in [0.15, 0.2) is 0 Å². The normalized spacial score (nSPS) is 19.4. The van der Waals surface area contributed by atoms with Crippen molar-refractivity contribution in [2.45, 2.75) is 38.6 Å². The summed E-state index contributed by atoms with van der Waals surface area (Å²) < 4.78 is 0. The minimum Gasteiger partial charge on any atom is -0.481 e. The fourth-order valence-corrected chi connectivity index (χ4v) is 2.39. The van der Waals surface area contributed by atoms with Gasteiger partial charge in [0.25, 0.3) is 0 Å². The molecule has 21 heavy (non-hydrogen) atoms. The molecule has 1 aliphatic heterocycles. The van der Waals surface area contributed by atoms with Crippen LogP contribution in [0.4, 0.5) is 0 Å². The summed E-state index contributed by atoms with van der Waals surface area (Å²) in [4.78, 5) is 46.4. The van der Waals surface area contributed by atoms with E-state index in [0.29, 0.717) is 13.0 Å². The van der Waals surface area contributed by atoms with Crippen molar-refractivity contribution < 1.29 is 24.3 Å². The average molecular weight is 299 g/mol. The first-order valence-corrected chi connectivity index (χ1v) is 6.92. The largest absolute Gasteiger partial charge is 0.481 e. The van der Waals surface area contributed by atoms with Crippen LogP contribution in [-0.4, -0.2) is 52.8 Å². The van der Waals surface area contributed by atoms with E-state index in [1.165, 1.54) is 4.90 Å². The molecule has 1 saturated heterocycles. The quantitative estimate of drug-likeness (QED) is 0.533. The molecule has 1 rings (SSSR count). The molecule has 1 heterocycles. The first-order chi connectivity index (χ1) is 9.85. The SMILES string of the molecule is CC[C@@H](C(N)=O)N1CC(CNC(=O)CCC(=O)O)CC1=O. The lowest BCUT2D eigenvalue weighted by molar-refractivity contribution is -0.138. The standard InChI is InChI=1S/C13H21N3O5/c1-2-9(13(14)21)16-7-8(5-11(16)18)6-15-10(17)3-4-12(19)20/h8-9H,2-7H2,1H3,(H2,14,21)(H,15,17)(H,19,20)/t8?,9-/m0/s1. The van der Waals surface area contributed by atoms with Gasteiger partial charge in [-0.1, -0.05) is 6.92 Å². The monoisotopic (exact) mass is 299 g/mol. The Hall–Kier alpha value is -2.12. The third-order valence-electron chi connectivity index (χ3n) is 3.48. The summed E-state index contributed by atoms with van der Waals surface area (Å²) in [6.45, 7) is 2.44. The number of hydrogen-bond acceptors (Lipinski definition) is 4. The van der Waals surface area contributed by atoms with E-state index in [0.717, 1.165) is 0 Å². The number of hydrogen-bond donors (Lipinski definition) is 3. The Morgan fingerprint density at radius 3 is 2.62 bits per heavy atom. The van der Waals surface area contributed by atoms with Gasteiger partial charge in [0.15, 0.2) is 0 Å². The van der Waals surface area contributed by atoms with Crippen molar-refractivity contribution in [3.8, 4) is 0 Å². The van der Waals surface area contributed by atoms with Crippen molar-refractivity contribution in [1.82, 2.24) is 10.2 Å². The highest BCUT2D eigenvalue weighted by atomic mass is 16.4. The summed E-state index contributed by atoms with van der Waals surface area (Å²) in [5, 5.41) is 11.1. The van der Waals surface area contributed by atoms with E-state index in [4.69, 9.17) is 10.8 Å². The van der Waals surface area contributed by atoms with Crippen LogP contribution in [0, 0.1) is 5.92 Å². The third-order valence-corrected chi connectivity index (χ3v) is 3.48. The second-order valence-corrected chi connectivity index (χ2v) is 5.14. The van der Waals surface area contributed by atoms with E-state index in [1.54, 1.807) is 6.92 Å². The maximum absolute atomic E-state index is 11.9. The third kappa shape index (κ3) is 5.05. The summed E-state index contributed by atoms with van der Waals surface area (Å²) in [6, 6.07) is -0.606. The van der Waals surface area contributed by atoms with Crippen LogP contribution in [0.5, 0.6) is 0 Å². The van der Waals surface area contributed by atoms with E-state index in [2.05, 4.69) is 5.32 Å². The molecule has 4 N–H and O–H groups in total. The Balaban J connectivity index is 2.42. The number of nitrogens with one attached hydrogen (secondary N) is 1. The fourth-order valence-electron chi connectivity index (χ4n) is 2.39. The number of carboxylic acid groups (broad SMARTS) is 1. The highest BCUT2D eigenvalue weighted by molar-refractivity contribution is 5.88. The van der Waals surface area contributed by atoms with Crippen LogP contribution < -0.4 is 11.1 Å². The van der Waals surface area contributed by atoms with Gasteiger partial charge in [-0.15, -0.1) is 0 Å². The molecule has 0 aromatic rings. The van der Waals surface area contributed by atoms with E-state index in [-0.39, 0.29) is 43.5 Å². The number of carboxylic acids is 1. The molecule has 8 heteroatoms. The van der Waals surface area contributed by atoms with Gasteiger partial charge in [-0.05, 0) is 6.42 Å². The maximum atomic E-state index is 11.9. The fraction of sp³-hybridized carbons (Fsp3) is 0.692. The molecule has 0 spiro atoms. The number of likely N-dealkylation sites (tertiary alicyclic amines) is 1. The topological polar surface area (TPSA) is 130 Å². The molecule has 1 fully saturated rings. The Bertz CT molecular complexity index is 438. The predicted octanol–water partition coefficient (Wildman–Crippen LogP) is -0.920. The number of carbonyl (C=O) groups excluding carboxylic acids is 3. The lowest BCUT2D eigenvalue weighted by Gasteiger charge is -2.24. The Kier molecular flexibility index (Phi) is 6.13. The van der Waals surface area contributed by atoms with Crippen LogP contribution >= 0.6 is 0 Å². The average Bonchev–Trinajstić information content (AvgIpc) is 2.76. The van der Waals surface area contributed by atoms with Gasteiger partial charge in [0.1, 0.15) is 6.04 Å². The molecular weight excluding hydrogens is 278 g/mol. The van der Waals surface area contributed by atoms with Crippen LogP contribution in [0.2, 0.25) is 0 Å². The number of nitrogens with two attached hydrogens (primary N) is 1. The van der Waals surface area contributed by atoms with Gasteiger partial charge in [-0.25, -0.2) is 0 Å². The minimum absolute atomic E-state index is 0.0836. The number of aliphatic carboxylic acids is 1. The first kappa shape index (κ1) is 16.9. The molecule has 0 aromatic carbocycles. The molecule has 8 nitrogen and oxygen atoms in total. The van der Waals surface area contributed by atoms with Crippen LogP contribution in [0.1, 0.15) is 32.6 Å². The first-order valence-electron chi connectivity index (χ1n) is 6.92. The summed E-state index contributed by atoms with van der Waals surface area (Å²) in [5.41, 5.74) is 5.27. The zero-order valence-corrected chi connectivity index (χ0v) is 12.0. The van der Waals surface area contributed by atoms with Crippen LogP contribution in [-0.2, 0) is 19.2 Å². The van der Waals surface area contributed by atoms with E-state index in [9.17, 15) is 19.2 Å². The molecule has 0 aliphatic carbocycles. The van der Waals surface area contributed by atoms with Gasteiger partial charge in [0.2, 0.25) is 17.7 Å². The molecule has 2 atom stereocenters. The number of carbonyl (C=O) groups is 4. The lowest BCUT2D eigenvalue weighted by atomic mass is 10.1. The zero-order chi connectivity index (χ0) is 16.0. The lowest BCUT2D eigenvalue weighted by Crippen LogP contribution is -2.45. The van der Waals surface area contributed by atoms with Crippen molar-refractivity contribution in [3.05, 3.63) is 0 Å². The van der Waals surface area contributed by atoms with Gasteiger partial charge >= 0.3 is 5.97 Å². The molecule has 0 radical (unpaired) electrons. The summed E-state index contributed by atoms with van der Waals surface area (Å²) in [7, 11) is 0. The second kappa shape index (κ2) is 7.61. The molecule has 0 saturated carbocycles. The maximum Gasteiger partial charge on any atom is 0.303 e.